The van der Waals surface area contributed by atoms with E-state index < -0.39 is 0 Å². The van der Waals surface area contributed by atoms with Crippen molar-refractivity contribution in [3.05, 3.63) is 22.4 Å². The van der Waals surface area contributed by atoms with Gasteiger partial charge in [0, 0.05) is 29.6 Å². The summed E-state index contributed by atoms with van der Waals surface area (Å²) in [5, 5.41) is 4.95. The van der Waals surface area contributed by atoms with E-state index in [0.717, 1.165) is 6.42 Å². The van der Waals surface area contributed by atoms with Crippen molar-refractivity contribution in [2.24, 2.45) is 0 Å². The second-order valence-corrected chi connectivity index (χ2v) is 4.60. The van der Waals surface area contributed by atoms with Crippen LogP contribution in [0.3, 0.4) is 0 Å². The summed E-state index contributed by atoms with van der Waals surface area (Å²) in [7, 11) is 0. The molecule has 1 rings (SSSR count). The number of hydrogen-bond acceptors (Lipinski definition) is 2. The van der Waals surface area contributed by atoms with Crippen LogP contribution in [0, 0.1) is 0 Å². The van der Waals surface area contributed by atoms with Crippen molar-refractivity contribution in [3.63, 3.8) is 0 Å². The van der Waals surface area contributed by atoms with E-state index in [9.17, 15) is 4.79 Å². The Hall–Kier alpha value is -0.540. The third-order valence-corrected chi connectivity index (χ3v) is 2.90. The van der Waals surface area contributed by atoms with Crippen molar-refractivity contribution in [1.82, 2.24) is 5.32 Å². The molecular formula is C10H14ClNOS. The standard InChI is InChI=1S/C10H14ClNOS/c1-8(12-10(13)4-5-11)7-9-3-2-6-14-9/h2-3,6,8H,4-5,7H2,1H3,(H,12,13). The molecule has 1 heterocycles. The maximum atomic E-state index is 11.2. The summed E-state index contributed by atoms with van der Waals surface area (Å²) in [5.41, 5.74) is 0. The van der Waals surface area contributed by atoms with Crippen LogP contribution in [0.2, 0.25) is 0 Å². The molecule has 0 bridgehead atoms. The highest BCUT2D eigenvalue weighted by Gasteiger charge is 2.07. The number of hydrogen-bond donors (Lipinski definition) is 1. The van der Waals surface area contributed by atoms with Gasteiger partial charge in [0.25, 0.3) is 0 Å². The van der Waals surface area contributed by atoms with Crippen molar-refractivity contribution in [2.75, 3.05) is 5.88 Å². The van der Waals surface area contributed by atoms with Gasteiger partial charge < -0.3 is 5.32 Å². The summed E-state index contributed by atoms with van der Waals surface area (Å²) in [6.45, 7) is 2.01. The van der Waals surface area contributed by atoms with Crippen molar-refractivity contribution >= 4 is 28.8 Å². The van der Waals surface area contributed by atoms with Crippen LogP contribution in [0.4, 0.5) is 0 Å². The molecule has 0 radical (unpaired) electrons. The second-order valence-electron chi connectivity index (χ2n) is 3.19. The highest BCUT2D eigenvalue weighted by Crippen LogP contribution is 2.10. The predicted molar refractivity (Wildman–Crippen MR) is 61.0 cm³/mol. The van der Waals surface area contributed by atoms with Crippen LogP contribution in [-0.2, 0) is 11.2 Å². The molecule has 1 amide bonds. The van der Waals surface area contributed by atoms with Crippen LogP contribution >= 0.6 is 22.9 Å². The molecule has 0 aliphatic carbocycles. The van der Waals surface area contributed by atoms with Gasteiger partial charge in [-0.3, -0.25) is 4.79 Å². The topological polar surface area (TPSA) is 29.1 Å². The number of alkyl halides is 1. The zero-order chi connectivity index (χ0) is 10.4. The molecule has 0 fully saturated rings. The van der Waals surface area contributed by atoms with Crippen LogP contribution in [0.5, 0.6) is 0 Å². The van der Waals surface area contributed by atoms with Gasteiger partial charge in [0.1, 0.15) is 0 Å². The van der Waals surface area contributed by atoms with Crippen LogP contribution in [-0.4, -0.2) is 17.8 Å². The first-order valence-electron chi connectivity index (χ1n) is 4.60. The number of amides is 1. The summed E-state index contributed by atoms with van der Waals surface area (Å²) in [4.78, 5) is 12.5. The minimum absolute atomic E-state index is 0.0315. The summed E-state index contributed by atoms with van der Waals surface area (Å²) >= 11 is 7.18. The van der Waals surface area contributed by atoms with Crippen LogP contribution < -0.4 is 5.32 Å². The Kier molecular flexibility index (Phi) is 4.98. The minimum Gasteiger partial charge on any atom is -0.353 e. The van der Waals surface area contributed by atoms with Crippen LogP contribution in [0.25, 0.3) is 0 Å². The van der Waals surface area contributed by atoms with Crippen LogP contribution in [0.1, 0.15) is 18.2 Å². The third-order valence-electron chi connectivity index (χ3n) is 1.82. The molecule has 0 saturated heterocycles. The number of carbonyl (C=O) groups excluding carboxylic acids is 1. The number of rotatable bonds is 5. The molecule has 2 nitrogen and oxygen atoms in total. The summed E-state index contributed by atoms with van der Waals surface area (Å²) < 4.78 is 0. The Balaban J connectivity index is 2.29. The maximum Gasteiger partial charge on any atom is 0.221 e. The molecule has 0 saturated carbocycles. The van der Waals surface area contributed by atoms with E-state index in [2.05, 4.69) is 11.4 Å². The lowest BCUT2D eigenvalue weighted by atomic mass is 10.2. The molecule has 0 aliphatic heterocycles. The lowest BCUT2D eigenvalue weighted by Gasteiger charge is -2.11. The van der Waals surface area contributed by atoms with E-state index >= 15 is 0 Å². The molecule has 1 N–H and O–H groups in total. The number of thiophene rings is 1. The van der Waals surface area contributed by atoms with E-state index in [1.165, 1.54) is 4.88 Å². The Morgan fingerprint density at radius 2 is 2.50 bits per heavy atom. The van der Waals surface area contributed by atoms with E-state index in [1.54, 1.807) is 11.3 Å². The summed E-state index contributed by atoms with van der Waals surface area (Å²) in [6.07, 6.45) is 1.29. The second kappa shape index (κ2) is 6.04. The van der Waals surface area contributed by atoms with E-state index in [-0.39, 0.29) is 11.9 Å². The average molecular weight is 232 g/mol. The van der Waals surface area contributed by atoms with Gasteiger partial charge in [-0.05, 0) is 18.4 Å². The van der Waals surface area contributed by atoms with E-state index in [4.69, 9.17) is 11.6 Å². The van der Waals surface area contributed by atoms with Gasteiger partial charge in [-0.15, -0.1) is 22.9 Å². The van der Waals surface area contributed by atoms with Crippen molar-refractivity contribution in [1.29, 1.82) is 0 Å². The molecule has 78 valence electrons. The lowest BCUT2D eigenvalue weighted by Crippen LogP contribution is -2.33. The summed E-state index contributed by atoms with van der Waals surface area (Å²) in [5.74, 6) is 0.418. The van der Waals surface area contributed by atoms with E-state index in [1.807, 2.05) is 18.4 Å². The van der Waals surface area contributed by atoms with E-state index in [0.29, 0.717) is 12.3 Å². The van der Waals surface area contributed by atoms with Crippen LogP contribution in [0.15, 0.2) is 17.5 Å². The number of halogens is 1. The minimum atomic E-state index is 0.0315. The molecule has 0 aliphatic rings. The van der Waals surface area contributed by atoms with Gasteiger partial charge in [-0.1, -0.05) is 6.07 Å². The molecule has 1 aromatic heterocycles. The molecular weight excluding hydrogens is 218 g/mol. The Morgan fingerprint density at radius 1 is 1.71 bits per heavy atom. The van der Waals surface area contributed by atoms with Gasteiger partial charge in [0.2, 0.25) is 5.91 Å². The number of carbonyl (C=O) groups is 1. The first kappa shape index (κ1) is 11.5. The number of nitrogens with one attached hydrogen (secondary N) is 1. The monoisotopic (exact) mass is 231 g/mol. The van der Waals surface area contributed by atoms with Gasteiger partial charge in [0.15, 0.2) is 0 Å². The van der Waals surface area contributed by atoms with Crippen molar-refractivity contribution < 1.29 is 4.79 Å². The molecule has 14 heavy (non-hydrogen) atoms. The normalized spacial score (nSPS) is 12.4. The molecule has 0 aromatic carbocycles. The third kappa shape index (κ3) is 4.11. The fourth-order valence-electron chi connectivity index (χ4n) is 1.21. The highest BCUT2D eigenvalue weighted by atomic mass is 35.5. The van der Waals surface area contributed by atoms with Gasteiger partial charge in [-0.25, -0.2) is 0 Å². The van der Waals surface area contributed by atoms with Gasteiger partial charge in [-0.2, -0.15) is 0 Å². The zero-order valence-electron chi connectivity index (χ0n) is 8.13. The molecule has 1 aromatic rings. The molecule has 1 atom stereocenters. The largest absolute Gasteiger partial charge is 0.353 e. The van der Waals surface area contributed by atoms with Gasteiger partial charge >= 0.3 is 0 Å². The highest BCUT2D eigenvalue weighted by molar-refractivity contribution is 7.09. The zero-order valence-corrected chi connectivity index (χ0v) is 9.70. The smallest absolute Gasteiger partial charge is 0.221 e. The Bertz CT molecular complexity index is 274. The first-order chi connectivity index (χ1) is 6.72. The molecule has 0 spiro atoms. The molecule has 4 heteroatoms. The maximum absolute atomic E-state index is 11.2. The fraction of sp³-hybridized carbons (Fsp3) is 0.500. The van der Waals surface area contributed by atoms with Crippen molar-refractivity contribution in [2.45, 2.75) is 25.8 Å². The lowest BCUT2D eigenvalue weighted by molar-refractivity contribution is -0.121. The molecule has 1 unspecified atom stereocenters. The summed E-state index contributed by atoms with van der Waals surface area (Å²) in [6, 6.07) is 4.28. The van der Waals surface area contributed by atoms with Crippen molar-refractivity contribution in [3.8, 4) is 0 Å². The fourth-order valence-corrected chi connectivity index (χ4v) is 2.22. The Morgan fingerprint density at radius 3 is 3.07 bits per heavy atom. The van der Waals surface area contributed by atoms with Gasteiger partial charge in [0.05, 0.1) is 0 Å². The SMILES string of the molecule is CC(Cc1cccs1)NC(=O)CCCl. The Labute approximate surface area is 93.3 Å². The first-order valence-corrected chi connectivity index (χ1v) is 6.01. The quantitative estimate of drug-likeness (QED) is 0.775. The average Bonchev–Trinajstić information content (AvgIpc) is 2.56. The predicted octanol–water partition coefficient (Wildman–Crippen LogP) is 2.42.